The normalized spacial score (nSPS) is 22.1. The Balaban J connectivity index is 1.69. The maximum atomic E-state index is 12.1. The molecule has 1 aliphatic carbocycles. The molecule has 2 atom stereocenters. The Morgan fingerprint density at radius 1 is 1.35 bits per heavy atom. The first kappa shape index (κ1) is 13.1. The van der Waals surface area contributed by atoms with Gasteiger partial charge in [-0.25, -0.2) is 0 Å². The monoisotopic (exact) mass is 270 g/mol. The lowest BCUT2D eigenvalue weighted by Gasteiger charge is -2.15. The fraction of sp³-hybridized carbons (Fsp3) is 0.375. The van der Waals surface area contributed by atoms with Gasteiger partial charge in [0.05, 0.1) is 17.2 Å². The summed E-state index contributed by atoms with van der Waals surface area (Å²) >= 11 is 0. The van der Waals surface area contributed by atoms with Crippen molar-refractivity contribution in [3.8, 4) is 0 Å². The molecule has 3 rings (SSSR count). The molecule has 4 nitrogen and oxygen atoms in total. The minimum absolute atomic E-state index is 0.123. The summed E-state index contributed by atoms with van der Waals surface area (Å²) in [6.45, 7) is 0.535. The summed E-state index contributed by atoms with van der Waals surface area (Å²) < 4.78 is 0. The van der Waals surface area contributed by atoms with Crippen LogP contribution < -0.4 is 5.32 Å². The quantitative estimate of drug-likeness (QED) is 0.898. The molecule has 1 fully saturated rings. The summed E-state index contributed by atoms with van der Waals surface area (Å²) in [5, 5.41) is 13.6. The van der Waals surface area contributed by atoms with Crippen molar-refractivity contribution in [3.05, 3.63) is 42.1 Å². The van der Waals surface area contributed by atoms with Gasteiger partial charge in [-0.1, -0.05) is 24.6 Å². The van der Waals surface area contributed by atoms with Gasteiger partial charge in [0, 0.05) is 24.0 Å². The molecule has 20 heavy (non-hydrogen) atoms. The molecule has 1 saturated carbocycles. The van der Waals surface area contributed by atoms with Crippen LogP contribution in [0.4, 0.5) is 0 Å². The molecule has 1 aromatic carbocycles. The average Bonchev–Trinajstić information content (AvgIpc) is 2.89. The van der Waals surface area contributed by atoms with E-state index in [-0.39, 0.29) is 17.9 Å². The molecule has 2 N–H and O–H groups in total. The number of aliphatic hydroxyl groups excluding tert-OH is 1. The van der Waals surface area contributed by atoms with Crippen LogP contribution >= 0.6 is 0 Å². The van der Waals surface area contributed by atoms with E-state index in [9.17, 15) is 9.90 Å². The standard InChI is InChI=1S/C16H18N2O2/c19-15-7-3-5-12(15)9-18-16(20)13-8-11-4-1-2-6-14(11)17-10-13/h1-2,4,6,8,10,12,15,19H,3,5,7,9H2,(H,18,20)/t12-,15+/m0/s1. The van der Waals surface area contributed by atoms with Crippen LogP contribution in [0.1, 0.15) is 29.6 Å². The SMILES string of the molecule is O=C(NC[C@@H]1CCC[C@H]1O)c1cnc2ccccc2c1. The van der Waals surface area contributed by atoms with Crippen molar-refractivity contribution in [2.24, 2.45) is 5.92 Å². The number of carbonyl (C=O) groups excluding carboxylic acids is 1. The van der Waals surface area contributed by atoms with Crippen LogP contribution in [0.15, 0.2) is 36.5 Å². The second kappa shape index (κ2) is 5.59. The molecule has 1 amide bonds. The van der Waals surface area contributed by atoms with E-state index in [0.717, 1.165) is 30.2 Å². The molecule has 1 aliphatic rings. The van der Waals surface area contributed by atoms with Crippen LogP contribution in [-0.4, -0.2) is 28.6 Å². The maximum absolute atomic E-state index is 12.1. The predicted octanol–water partition coefficient (Wildman–Crippen LogP) is 2.13. The highest BCUT2D eigenvalue weighted by atomic mass is 16.3. The number of rotatable bonds is 3. The van der Waals surface area contributed by atoms with Crippen molar-refractivity contribution in [2.45, 2.75) is 25.4 Å². The second-order valence-corrected chi connectivity index (χ2v) is 5.39. The Bertz CT molecular complexity index is 627. The van der Waals surface area contributed by atoms with Gasteiger partial charge in [-0.3, -0.25) is 9.78 Å². The van der Waals surface area contributed by atoms with Crippen molar-refractivity contribution < 1.29 is 9.90 Å². The first-order valence-corrected chi connectivity index (χ1v) is 7.05. The Hall–Kier alpha value is -1.94. The van der Waals surface area contributed by atoms with Crippen molar-refractivity contribution >= 4 is 16.8 Å². The lowest BCUT2D eigenvalue weighted by Crippen LogP contribution is -2.32. The summed E-state index contributed by atoms with van der Waals surface area (Å²) in [7, 11) is 0. The van der Waals surface area contributed by atoms with Crippen molar-refractivity contribution in [3.63, 3.8) is 0 Å². The highest BCUT2D eigenvalue weighted by Gasteiger charge is 2.25. The minimum atomic E-state index is -0.273. The number of nitrogens with zero attached hydrogens (tertiary/aromatic N) is 1. The molecule has 0 bridgehead atoms. The van der Waals surface area contributed by atoms with Crippen LogP contribution in [0.3, 0.4) is 0 Å². The molecule has 0 saturated heterocycles. The van der Waals surface area contributed by atoms with E-state index < -0.39 is 0 Å². The molecule has 104 valence electrons. The molecule has 0 spiro atoms. The number of hydrogen-bond acceptors (Lipinski definition) is 3. The zero-order valence-corrected chi connectivity index (χ0v) is 11.2. The van der Waals surface area contributed by atoms with Gasteiger partial charge in [-0.15, -0.1) is 0 Å². The lowest BCUT2D eigenvalue weighted by molar-refractivity contribution is 0.0916. The predicted molar refractivity (Wildman–Crippen MR) is 77.4 cm³/mol. The number of hydrogen-bond donors (Lipinski definition) is 2. The number of para-hydroxylation sites is 1. The topological polar surface area (TPSA) is 62.2 Å². The van der Waals surface area contributed by atoms with Crippen LogP contribution in [0, 0.1) is 5.92 Å². The van der Waals surface area contributed by atoms with E-state index in [1.165, 1.54) is 0 Å². The van der Waals surface area contributed by atoms with Crippen molar-refractivity contribution in [1.82, 2.24) is 10.3 Å². The average molecular weight is 270 g/mol. The van der Waals surface area contributed by atoms with Crippen LogP contribution in [0.25, 0.3) is 10.9 Å². The third-order valence-corrected chi connectivity index (χ3v) is 4.00. The van der Waals surface area contributed by atoms with E-state index >= 15 is 0 Å². The summed E-state index contributed by atoms with van der Waals surface area (Å²) in [5.74, 6) is 0.0646. The number of fused-ring (bicyclic) bond motifs is 1. The Kier molecular flexibility index (Phi) is 3.65. The highest BCUT2D eigenvalue weighted by molar-refractivity contribution is 5.97. The van der Waals surface area contributed by atoms with E-state index in [4.69, 9.17) is 0 Å². The summed E-state index contributed by atoms with van der Waals surface area (Å²) in [4.78, 5) is 16.4. The van der Waals surface area contributed by atoms with Gasteiger partial charge in [0.25, 0.3) is 5.91 Å². The van der Waals surface area contributed by atoms with Crippen LogP contribution in [0.5, 0.6) is 0 Å². The van der Waals surface area contributed by atoms with Gasteiger partial charge in [0.2, 0.25) is 0 Å². The fourth-order valence-electron chi connectivity index (χ4n) is 2.78. The lowest BCUT2D eigenvalue weighted by atomic mass is 10.1. The third kappa shape index (κ3) is 2.65. The fourth-order valence-corrected chi connectivity index (χ4v) is 2.78. The molecular formula is C16H18N2O2. The number of benzene rings is 1. The number of amides is 1. The van der Waals surface area contributed by atoms with E-state index in [1.807, 2.05) is 30.3 Å². The van der Waals surface area contributed by atoms with Gasteiger partial charge in [-0.2, -0.15) is 0 Å². The number of carbonyl (C=O) groups is 1. The van der Waals surface area contributed by atoms with Gasteiger partial charge < -0.3 is 10.4 Å². The zero-order valence-electron chi connectivity index (χ0n) is 11.2. The number of aromatic nitrogens is 1. The molecule has 1 aromatic heterocycles. The number of pyridine rings is 1. The first-order valence-electron chi connectivity index (χ1n) is 7.05. The van der Waals surface area contributed by atoms with Gasteiger partial charge in [0.15, 0.2) is 0 Å². The number of aliphatic hydroxyl groups is 1. The molecule has 0 aliphatic heterocycles. The third-order valence-electron chi connectivity index (χ3n) is 4.00. The molecule has 4 heteroatoms. The largest absolute Gasteiger partial charge is 0.393 e. The number of nitrogens with one attached hydrogen (secondary N) is 1. The summed E-state index contributed by atoms with van der Waals surface area (Å²) in [6, 6.07) is 9.58. The maximum Gasteiger partial charge on any atom is 0.252 e. The molecular weight excluding hydrogens is 252 g/mol. The van der Waals surface area contributed by atoms with E-state index in [0.29, 0.717) is 12.1 Å². The van der Waals surface area contributed by atoms with Gasteiger partial charge in [-0.05, 0) is 25.0 Å². The molecule has 1 heterocycles. The molecule has 0 radical (unpaired) electrons. The summed E-state index contributed by atoms with van der Waals surface area (Å²) in [6.07, 6.45) is 4.20. The Labute approximate surface area is 117 Å². The first-order chi connectivity index (χ1) is 9.74. The van der Waals surface area contributed by atoms with Gasteiger partial charge in [0.1, 0.15) is 0 Å². The Morgan fingerprint density at radius 2 is 2.20 bits per heavy atom. The second-order valence-electron chi connectivity index (χ2n) is 5.39. The smallest absolute Gasteiger partial charge is 0.252 e. The summed E-state index contributed by atoms with van der Waals surface area (Å²) in [5.41, 5.74) is 1.45. The Morgan fingerprint density at radius 3 is 3.00 bits per heavy atom. The van der Waals surface area contributed by atoms with Gasteiger partial charge >= 0.3 is 0 Å². The highest BCUT2D eigenvalue weighted by Crippen LogP contribution is 2.24. The van der Waals surface area contributed by atoms with Crippen molar-refractivity contribution in [1.29, 1.82) is 0 Å². The minimum Gasteiger partial charge on any atom is -0.393 e. The molecule has 2 aromatic rings. The molecule has 0 unspecified atom stereocenters. The van der Waals surface area contributed by atoms with E-state index in [2.05, 4.69) is 10.3 Å². The zero-order chi connectivity index (χ0) is 13.9. The van der Waals surface area contributed by atoms with Crippen LogP contribution in [0.2, 0.25) is 0 Å². The van der Waals surface area contributed by atoms with Crippen molar-refractivity contribution in [2.75, 3.05) is 6.54 Å². The van der Waals surface area contributed by atoms with E-state index in [1.54, 1.807) is 6.20 Å². The van der Waals surface area contributed by atoms with Crippen LogP contribution in [-0.2, 0) is 0 Å².